The molecule has 0 fully saturated rings. The monoisotopic (exact) mass is 347 g/mol. The number of allylic oxidation sites excluding steroid dienone is 5. The molecule has 0 aromatic heterocycles. The molecular weight excluding hydrogens is 314 g/mol. The highest BCUT2D eigenvalue weighted by Crippen LogP contribution is 2.35. The maximum atomic E-state index is 12.9. The zero-order chi connectivity index (χ0) is 18.5. The Balaban J connectivity index is 2.76. The van der Waals surface area contributed by atoms with Crippen LogP contribution in [0.4, 0.5) is 0 Å². The molecule has 0 aliphatic carbocycles. The maximum Gasteiger partial charge on any atom is 0.313 e. The van der Waals surface area contributed by atoms with Crippen molar-refractivity contribution < 1.29 is 14.3 Å². The standard InChI is InChI=1S/C21H33NO3/c1-4-6-7-8-9-12-15-21(3,18-14-11-10-13-16-22-18)19(23)17-20(24)25-5-2/h10-11,13-14,16,22H,4-9,12,15,17H2,1-3H3. The minimum atomic E-state index is -0.698. The van der Waals surface area contributed by atoms with Crippen molar-refractivity contribution in [3.8, 4) is 0 Å². The first kappa shape index (κ1) is 21.2. The summed E-state index contributed by atoms with van der Waals surface area (Å²) in [5.74, 6) is -0.524. The molecule has 4 nitrogen and oxygen atoms in total. The van der Waals surface area contributed by atoms with Crippen molar-refractivity contribution in [2.24, 2.45) is 5.41 Å². The summed E-state index contributed by atoms with van der Waals surface area (Å²) in [6, 6.07) is 0. The fourth-order valence-electron chi connectivity index (χ4n) is 3.02. The van der Waals surface area contributed by atoms with E-state index >= 15 is 0 Å². The van der Waals surface area contributed by atoms with E-state index in [0.29, 0.717) is 6.61 Å². The number of rotatable bonds is 12. The van der Waals surface area contributed by atoms with E-state index in [9.17, 15) is 9.59 Å². The number of unbranched alkanes of at least 4 members (excludes halogenated alkanes) is 5. The van der Waals surface area contributed by atoms with E-state index in [1.165, 1.54) is 25.7 Å². The molecule has 0 saturated carbocycles. The van der Waals surface area contributed by atoms with Gasteiger partial charge in [0, 0.05) is 11.9 Å². The van der Waals surface area contributed by atoms with Crippen LogP contribution in [0.15, 0.2) is 36.2 Å². The summed E-state index contributed by atoms with van der Waals surface area (Å²) in [7, 11) is 0. The van der Waals surface area contributed by atoms with Gasteiger partial charge >= 0.3 is 5.97 Å². The van der Waals surface area contributed by atoms with Gasteiger partial charge in [-0.2, -0.15) is 0 Å². The lowest BCUT2D eigenvalue weighted by Crippen LogP contribution is -2.36. The molecule has 0 amide bonds. The molecule has 0 saturated heterocycles. The summed E-state index contributed by atoms with van der Waals surface area (Å²) >= 11 is 0. The maximum absolute atomic E-state index is 12.9. The lowest BCUT2D eigenvalue weighted by Gasteiger charge is -2.31. The second-order valence-electron chi connectivity index (χ2n) is 6.72. The van der Waals surface area contributed by atoms with Gasteiger partial charge in [0.05, 0.1) is 12.0 Å². The Morgan fingerprint density at radius 3 is 2.48 bits per heavy atom. The quantitative estimate of drug-likeness (QED) is 0.312. The van der Waals surface area contributed by atoms with Crippen LogP contribution in [0.25, 0.3) is 0 Å². The summed E-state index contributed by atoms with van der Waals surface area (Å²) in [5, 5.41) is 3.21. The SMILES string of the molecule is CCCCCCCCC(C)(C(=O)CC(=O)OCC)C1=CC=CC=CN1. The fourth-order valence-corrected chi connectivity index (χ4v) is 3.02. The highest BCUT2D eigenvalue weighted by molar-refractivity contribution is 6.00. The first-order chi connectivity index (χ1) is 12.0. The zero-order valence-electron chi connectivity index (χ0n) is 16.0. The summed E-state index contributed by atoms with van der Waals surface area (Å²) in [6.07, 6.45) is 17.1. The minimum Gasteiger partial charge on any atom is -0.466 e. The molecule has 1 rings (SSSR count). The number of hydrogen-bond acceptors (Lipinski definition) is 4. The van der Waals surface area contributed by atoms with Gasteiger partial charge in [0.2, 0.25) is 0 Å². The van der Waals surface area contributed by atoms with E-state index in [2.05, 4.69) is 12.2 Å². The Bertz CT molecular complexity index is 519. The van der Waals surface area contributed by atoms with E-state index in [4.69, 9.17) is 4.74 Å². The number of esters is 1. The van der Waals surface area contributed by atoms with Gasteiger partial charge in [0.1, 0.15) is 6.42 Å². The first-order valence-electron chi connectivity index (χ1n) is 9.54. The molecule has 0 aromatic carbocycles. The Kier molecular flexibility index (Phi) is 9.90. The molecule has 0 bridgehead atoms. The molecule has 1 aliphatic rings. The van der Waals surface area contributed by atoms with Crippen LogP contribution in [0.2, 0.25) is 0 Å². The molecule has 1 N–H and O–H groups in total. The van der Waals surface area contributed by atoms with Crippen LogP contribution in [0.3, 0.4) is 0 Å². The van der Waals surface area contributed by atoms with E-state index in [0.717, 1.165) is 25.0 Å². The smallest absolute Gasteiger partial charge is 0.313 e. The highest BCUT2D eigenvalue weighted by Gasteiger charge is 2.37. The molecule has 1 aliphatic heterocycles. The first-order valence-corrected chi connectivity index (χ1v) is 9.54. The number of ketones is 1. The van der Waals surface area contributed by atoms with Crippen LogP contribution in [-0.4, -0.2) is 18.4 Å². The number of hydrogen-bond donors (Lipinski definition) is 1. The Labute approximate surface area is 152 Å². The second kappa shape index (κ2) is 11.7. The highest BCUT2D eigenvalue weighted by atomic mass is 16.5. The number of carbonyl (C=O) groups is 2. The summed E-state index contributed by atoms with van der Waals surface area (Å²) in [6.45, 7) is 6.19. The van der Waals surface area contributed by atoms with Gasteiger partial charge in [-0.25, -0.2) is 0 Å². The van der Waals surface area contributed by atoms with Crippen LogP contribution in [0, 0.1) is 5.41 Å². The third-order valence-corrected chi connectivity index (χ3v) is 4.67. The Morgan fingerprint density at radius 1 is 1.04 bits per heavy atom. The molecule has 0 radical (unpaired) electrons. The number of nitrogens with one attached hydrogen (secondary N) is 1. The lowest BCUT2D eigenvalue weighted by atomic mass is 9.76. The Morgan fingerprint density at radius 2 is 1.76 bits per heavy atom. The third-order valence-electron chi connectivity index (χ3n) is 4.67. The van der Waals surface area contributed by atoms with E-state index in [-0.39, 0.29) is 12.2 Å². The molecule has 1 atom stereocenters. The van der Waals surface area contributed by atoms with Crippen LogP contribution in [-0.2, 0) is 14.3 Å². The largest absolute Gasteiger partial charge is 0.466 e. The normalized spacial score (nSPS) is 15.7. The third kappa shape index (κ3) is 7.29. The zero-order valence-corrected chi connectivity index (χ0v) is 16.0. The predicted molar refractivity (Wildman–Crippen MR) is 102 cm³/mol. The van der Waals surface area contributed by atoms with Crippen molar-refractivity contribution in [1.29, 1.82) is 0 Å². The summed E-state index contributed by atoms with van der Waals surface area (Å²) in [5.41, 5.74) is 0.150. The van der Waals surface area contributed by atoms with Gasteiger partial charge in [-0.3, -0.25) is 9.59 Å². The van der Waals surface area contributed by atoms with Gasteiger partial charge < -0.3 is 10.1 Å². The van der Waals surface area contributed by atoms with Crippen LogP contribution in [0.1, 0.15) is 72.1 Å². The summed E-state index contributed by atoms with van der Waals surface area (Å²) < 4.78 is 4.96. The van der Waals surface area contributed by atoms with E-state index < -0.39 is 11.4 Å². The van der Waals surface area contributed by atoms with Gasteiger partial charge in [-0.1, -0.05) is 57.6 Å². The average Bonchev–Trinajstić information content (AvgIpc) is 2.87. The molecule has 0 aromatic rings. The van der Waals surface area contributed by atoms with E-state index in [1.54, 1.807) is 6.92 Å². The van der Waals surface area contributed by atoms with Crippen molar-refractivity contribution in [3.05, 3.63) is 36.2 Å². The predicted octanol–water partition coefficient (Wildman–Crippen LogP) is 4.82. The van der Waals surface area contributed by atoms with Crippen molar-refractivity contribution in [2.75, 3.05) is 6.61 Å². The van der Waals surface area contributed by atoms with Gasteiger partial charge in [-0.15, -0.1) is 0 Å². The van der Waals surface area contributed by atoms with Crippen molar-refractivity contribution in [2.45, 2.75) is 72.1 Å². The number of ether oxygens (including phenoxy) is 1. The average molecular weight is 347 g/mol. The fraction of sp³-hybridized carbons (Fsp3) is 0.619. The van der Waals surface area contributed by atoms with Crippen LogP contribution >= 0.6 is 0 Å². The molecule has 140 valence electrons. The van der Waals surface area contributed by atoms with Gasteiger partial charge in [-0.05, 0) is 32.4 Å². The molecule has 25 heavy (non-hydrogen) atoms. The molecule has 1 heterocycles. The number of carbonyl (C=O) groups excluding carboxylic acids is 2. The van der Waals surface area contributed by atoms with Crippen molar-refractivity contribution in [3.63, 3.8) is 0 Å². The number of Topliss-reactive ketones (excluding diaryl/α,β-unsaturated/α-hetero) is 1. The molecule has 0 spiro atoms. The topological polar surface area (TPSA) is 55.4 Å². The minimum absolute atomic E-state index is 0.0815. The molecular formula is C21H33NO3. The second-order valence-corrected chi connectivity index (χ2v) is 6.72. The molecule has 1 unspecified atom stereocenters. The molecule has 4 heteroatoms. The lowest BCUT2D eigenvalue weighted by molar-refractivity contribution is -0.147. The van der Waals surface area contributed by atoms with Crippen molar-refractivity contribution in [1.82, 2.24) is 5.32 Å². The van der Waals surface area contributed by atoms with Gasteiger partial charge in [0.25, 0.3) is 0 Å². The Hall–Kier alpha value is -1.84. The van der Waals surface area contributed by atoms with Crippen LogP contribution in [0.5, 0.6) is 0 Å². The van der Waals surface area contributed by atoms with Gasteiger partial charge in [0.15, 0.2) is 5.78 Å². The van der Waals surface area contributed by atoms with Crippen molar-refractivity contribution >= 4 is 11.8 Å². The van der Waals surface area contributed by atoms with Crippen LogP contribution < -0.4 is 5.32 Å². The summed E-state index contributed by atoms with van der Waals surface area (Å²) in [4.78, 5) is 24.7. The van der Waals surface area contributed by atoms with E-state index in [1.807, 2.05) is 37.4 Å².